The molecule has 0 aliphatic carbocycles. The van der Waals surface area contributed by atoms with Crippen LogP contribution in [0.2, 0.25) is 0 Å². The van der Waals surface area contributed by atoms with Crippen molar-refractivity contribution in [2.45, 2.75) is 70.5 Å². The summed E-state index contributed by atoms with van der Waals surface area (Å²) in [7, 11) is 1.78. The summed E-state index contributed by atoms with van der Waals surface area (Å²) in [5, 5.41) is 27.9. The van der Waals surface area contributed by atoms with E-state index < -0.39 is 29.2 Å². The summed E-state index contributed by atoms with van der Waals surface area (Å²) in [6, 6.07) is 9.68. The number of anilines is 1. The van der Waals surface area contributed by atoms with Crippen LogP contribution in [0, 0.1) is 30.4 Å². The maximum Gasteiger partial charge on any atom is 0.255 e. The largest absolute Gasteiger partial charge is 0.387 e. The van der Waals surface area contributed by atoms with Gasteiger partial charge in [0.15, 0.2) is 11.6 Å². The number of aromatic nitrogens is 2. The molecule has 3 unspecified atom stereocenters. The third kappa shape index (κ3) is 8.60. The van der Waals surface area contributed by atoms with Crippen LogP contribution in [0.5, 0.6) is 0 Å². The molecule has 0 spiro atoms. The number of carbonyl (C=O) groups is 1. The molecule has 0 saturated carbocycles. The highest BCUT2D eigenvalue weighted by Gasteiger charge is 2.41. The van der Waals surface area contributed by atoms with Crippen molar-refractivity contribution in [3.8, 4) is 0 Å². The molecule has 1 amide bonds. The van der Waals surface area contributed by atoms with Crippen LogP contribution >= 0.6 is 12.0 Å². The van der Waals surface area contributed by atoms with E-state index in [0.29, 0.717) is 34.1 Å². The fourth-order valence-electron chi connectivity index (χ4n) is 4.50. The number of aliphatic hydroxyl groups excluding tert-OH is 1. The number of hydrogen-bond donors (Lipinski definition) is 4. The minimum Gasteiger partial charge on any atom is -0.387 e. The van der Waals surface area contributed by atoms with Crippen molar-refractivity contribution in [3.05, 3.63) is 77.1 Å². The summed E-state index contributed by atoms with van der Waals surface area (Å²) in [6.07, 6.45) is 3.82. The van der Waals surface area contributed by atoms with Gasteiger partial charge in [-0.15, -0.1) is 0 Å². The standard InChI is InChI=1S/C15H28N2O2.C14H11F2NO2S/c1-6-7-8-12(11(2)3)15(4,19)14(18)13-9-10-16-17(13)5;1-8-2-3-9(6-13(8)20-19)14(18)17-10-4-5-11(15)12(16)7-10/h9-12,14,18-19H,6-8H2,1-5H3;2-7,19H,1H3,(H,17,18). The summed E-state index contributed by atoms with van der Waals surface area (Å²) in [4.78, 5) is 12.5. The Hall–Kier alpha value is -2.79. The van der Waals surface area contributed by atoms with Crippen LogP contribution < -0.4 is 5.32 Å². The van der Waals surface area contributed by atoms with E-state index in [1.54, 1.807) is 50.0 Å². The quantitative estimate of drug-likeness (QED) is 0.203. The molecule has 0 fully saturated rings. The molecule has 1 aromatic heterocycles. The number of aryl methyl sites for hydroxylation is 2. The van der Waals surface area contributed by atoms with E-state index in [1.807, 2.05) is 0 Å². The number of amides is 1. The van der Waals surface area contributed by atoms with Crippen LogP contribution in [0.25, 0.3) is 0 Å². The maximum absolute atomic E-state index is 13.0. The van der Waals surface area contributed by atoms with Crippen molar-refractivity contribution >= 4 is 23.6 Å². The van der Waals surface area contributed by atoms with E-state index >= 15 is 0 Å². The Bertz CT molecular complexity index is 1230. The van der Waals surface area contributed by atoms with E-state index in [4.69, 9.17) is 4.55 Å². The molecule has 0 saturated heterocycles. The van der Waals surface area contributed by atoms with Crippen molar-refractivity contribution in [3.63, 3.8) is 0 Å². The van der Waals surface area contributed by atoms with Gasteiger partial charge in [0, 0.05) is 47.5 Å². The maximum atomic E-state index is 13.0. The fraction of sp³-hybridized carbons (Fsp3) is 0.448. The van der Waals surface area contributed by atoms with Gasteiger partial charge in [-0.2, -0.15) is 5.10 Å². The predicted molar refractivity (Wildman–Crippen MR) is 151 cm³/mol. The first-order valence-electron chi connectivity index (χ1n) is 12.9. The minimum atomic E-state index is -1.14. The van der Waals surface area contributed by atoms with Gasteiger partial charge in [0.25, 0.3) is 5.91 Å². The molecule has 1 heterocycles. The number of aliphatic hydroxyl groups is 2. The predicted octanol–water partition coefficient (Wildman–Crippen LogP) is 6.76. The van der Waals surface area contributed by atoms with E-state index in [0.717, 1.165) is 37.0 Å². The number of carbonyl (C=O) groups excluding carboxylic acids is 1. The molecular weight excluding hydrogens is 524 g/mol. The average molecular weight is 564 g/mol. The molecule has 7 nitrogen and oxygen atoms in total. The lowest BCUT2D eigenvalue weighted by molar-refractivity contribution is -0.120. The number of nitrogens with zero attached hydrogens (tertiary/aromatic N) is 2. The Labute approximate surface area is 233 Å². The molecule has 0 aliphatic heterocycles. The van der Waals surface area contributed by atoms with Crippen molar-refractivity contribution in [1.29, 1.82) is 0 Å². The average Bonchev–Trinajstić information content (AvgIpc) is 3.31. The lowest BCUT2D eigenvalue weighted by Crippen LogP contribution is -2.44. The highest BCUT2D eigenvalue weighted by atomic mass is 32.2. The fourth-order valence-corrected chi connectivity index (χ4v) is 4.89. The highest BCUT2D eigenvalue weighted by Crippen LogP contribution is 2.38. The normalized spacial score (nSPS) is 14.3. The Kier molecular flexibility index (Phi) is 12.1. The first-order valence-corrected chi connectivity index (χ1v) is 13.7. The summed E-state index contributed by atoms with van der Waals surface area (Å²) >= 11 is 0.548. The molecule has 3 aromatic rings. The molecule has 0 radical (unpaired) electrons. The van der Waals surface area contributed by atoms with Crippen LogP contribution in [-0.2, 0) is 7.05 Å². The second kappa shape index (κ2) is 14.6. The van der Waals surface area contributed by atoms with Crippen LogP contribution in [0.1, 0.15) is 74.7 Å². The molecule has 0 aliphatic rings. The summed E-state index contributed by atoms with van der Waals surface area (Å²) in [5.41, 5.74) is 0.829. The summed E-state index contributed by atoms with van der Waals surface area (Å²) in [5.74, 6) is -2.08. The first kappa shape index (κ1) is 32.4. The number of rotatable bonds is 10. The lowest BCUT2D eigenvalue weighted by Gasteiger charge is -2.39. The van der Waals surface area contributed by atoms with Crippen molar-refractivity contribution in [2.24, 2.45) is 18.9 Å². The highest BCUT2D eigenvalue weighted by molar-refractivity contribution is 7.93. The van der Waals surface area contributed by atoms with Gasteiger partial charge in [0.1, 0.15) is 6.10 Å². The van der Waals surface area contributed by atoms with Gasteiger partial charge in [0.05, 0.1) is 11.3 Å². The van der Waals surface area contributed by atoms with Gasteiger partial charge in [0.2, 0.25) is 0 Å². The molecule has 4 N–H and O–H groups in total. The zero-order valence-electron chi connectivity index (χ0n) is 23.3. The third-order valence-corrected chi connectivity index (χ3v) is 7.48. The number of halogens is 2. The Balaban J connectivity index is 0.000000274. The van der Waals surface area contributed by atoms with E-state index in [-0.39, 0.29) is 11.6 Å². The summed E-state index contributed by atoms with van der Waals surface area (Å²) < 4.78 is 36.5. The third-order valence-electron chi connectivity index (χ3n) is 6.84. The van der Waals surface area contributed by atoms with E-state index in [1.165, 1.54) is 12.1 Å². The van der Waals surface area contributed by atoms with Crippen molar-refractivity contribution in [1.82, 2.24) is 9.78 Å². The van der Waals surface area contributed by atoms with Gasteiger partial charge in [-0.05, 0) is 68.0 Å². The first-order chi connectivity index (χ1) is 18.3. The van der Waals surface area contributed by atoms with Crippen LogP contribution in [0.4, 0.5) is 14.5 Å². The number of benzene rings is 2. The zero-order valence-corrected chi connectivity index (χ0v) is 24.1. The van der Waals surface area contributed by atoms with E-state index in [2.05, 4.69) is 31.2 Å². The van der Waals surface area contributed by atoms with Gasteiger partial charge in [-0.25, -0.2) is 8.78 Å². The number of hydrogen-bond acceptors (Lipinski definition) is 6. The molecule has 3 atom stereocenters. The smallest absolute Gasteiger partial charge is 0.255 e. The SMILES string of the molecule is CCCCC(C(C)C)C(C)(O)C(O)c1ccnn1C.Cc1ccc(C(=O)Nc2ccc(F)c(F)c2)cc1SO. The van der Waals surface area contributed by atoms with E-state index in [9.17, 15) is 23.8 Å². The van der Waals surface area contributed by atoms with Crippen LogP contribution in [0.15, 0.2) is 53.6 Å². The Morgan fingerprint density at radius 1 is 1.15 bits per heavy atom. The molecule has 10 heteroatoms. The minimum absolute atomic E-state index is 0.0670. The summed E-state index contributed by atoms with van der Waals surface area (Å²) in [6.45, 7) is 9.89. The second-order valence-electron chi connectivity index (χ2n) is 10.2. The van der Waals surface area contributed by atoms with Crippen molar-refractivity contribution < 1.29 is 28.3 Å². The molecular formula is C29H39F2N3O4S. The van der Waals surface area contributed by atoms with Gasteiger partial charge >= 0.3 is 0 Å². The van der Waals surface area contributed by atoms with Crippen LogP contribution in [0.3, 0.4) is 0 Å². The number of unbranched alkanes of at least 4 members (excludes halogenated alkanes) is 1. The van der Waals surface area contributed by atoms with Gasteiger partial charge in [-0.1, -0.05) is 39.7 Å². The molecule has 2 aromatic carbocycles. The topological polar surface area (TPSA) is 108 Å². The molecule has 214 valence electrons. The zero-order chi connectivity index (χ0) is 29.3. The van der Waals surface area contributed by atoms with Crippen LogP contribution in [-0.4, -0.2) is 36.1 Å². The van der Waals surface area contributed by atoms with Gasteiger partial charge in [-0.3, -0.25) is 9.48 Å². The molecule has 3 rings (SSSR count). The Morgan fingerprint density at radius 3 is 2.38 bits per heavy atom. The monoisotopic (exact) mass is 563 g/mol. The lowest BCUT2D eigenvalue weighted by atomic mass is 9.74. The Morgan fingerprint density at radius 2 is 1.85 bits per heavy atom. The molecule has 39 heavy (non-hydrogen) atoms. The van der Waals surface area contributed by atoms with Gasteiger partial charge < -0.3 is 20.1 Å². The molecule has 0 bridgehead atoms. The van der Waals surface area contributed by atoms with Crippen molar-refractivity contribution in [2.75, 3.05) is 5.32 Å². The number of nitrogens with one attached hydrogen (secondary N) is 1. The second-order valence-corrected chi connectivity index (χ2v) is 10.8.